The quantitative estimate of drug-likeness (QED) is 0.897. The SMILES string of the molecule is C[C@@]1(S(=O)(=O)c2c(O)cccc2Cl)CCOC1. The van der Waals surface area contributed by atoms with Crippen molar-refractivity contribution in [2.75, 3.05) is 13.2 Å². The molecule has 2 rings (SSSR count). The molecule has 0 aliphatic carbocycles. The van der Waals surface area contributed by atoms with E-state index >= 15 is 0 Å². The third-order valence-corrected chi connectivity index (χ3v) is 6.06. The summed E-state index contributed by atoms with van der Waals surface area (Å²) < 4.78 is 29.1. The lowest BCUT2D eigenvalue weighted by atomic mass is 10.1. The number of phenolic OH excluding ortho intramolecular Hbond substituents is 1. The molecule has 1 fully saturated rings. The highest BCUT2D eigenvalue weighted by atomic mass is 35.5. The highest BCUT2D eigenvalue weighted by Crippen LogP contribution is 2.40. The molecule has 0 radical (unpaired) electrons. The van der Waals surface area contributed by atoms with E-state index in [1.165, 1.54) is 18.2 Å². The molecular formula is C11H13ClO4S. The van der Waals surface area contributed by atoms with Crippen LogP contribution in [0.4, 0.5) is 0 Å². The fourth-order valence-electron chi connectivity index (χ4n) is 1.87. The maximum atomic E-state index is 12.5. The first kappa shape index (κ1) is 12.7. The van der Waals surface area contributed by atoms with Gasteiger partial charge in [-0.1, -0.05) is 17.7 Å². The molecule has 94 valence electrons. The molecule has 1 aliphatic heterocycles. The van der Waals surface area contributed by atoms with Gasteiger partial charge in [-0.25, -0.2) is 8.42 Å². The average Bonchev–Trinajstić information content (AvgIpc) is 2.66. The van der Waals surface area contributed by atoms with Crippen LogP contribution in [0, 0.1) is 0 Å². The van der Waals surface area contributed by atoms with Crippen molar-refractivity contribution < 1.29 is 18.3 Å². The summed E-state index contributed by atoms with van der Waals surface area (Å²) in [5.74, 6) is -0.314. The second-order valence-electron chi connectivity index (χ2n) is 4.34. The molecule has 0 unspecified atom stereocenters. The van der Waals surface area contributed by atoms with Crippen LogP contribution in [0.2, 0.25) is 5.02 Å². The van der Waals surface area contributed by atoms with Gasteiger partial charge in [-0.2, -0.15) is 0 Å². The summed E-state index contributed by atoms with van der Waals surface area (Å²) in [6.07, 6.45) is 0.403. The molecule has 4 nitrogen and oxygen atoms in total. The zero-order chi connectivity index (χ0) is 12.7. The third kappa shape index (κ3) is 1.92. The van der Waals surface area contributed by atoms with E-state index in [9.17, 15) is 13.5 Å². The topological polar surface area (TPSA) is 63.6 Å². The zero-order valence-electron chi connectivity index (χ0n) is 9.31. The van der Waals surface area contributed by atoms with E-state index in [4.69, 9.17) is 16.3 Å². The second-order valence-corrected chi connectivity index (χ2v) is 7.15. The largest absolute Gasteiger partial charge is 0.507 e. The van der Waals surface area contributed by atoms with E-state index in [1.807, 2.05) is 0 Å². The lowest BCUT2D eigenvalue weighted by Gasteiger charge is -2.23. The number of benzene rings is 1. The predicted octanol–water partition coefficient (Wildman–Crippen LogP) is 2.00. The summed E-state index contributed by atoms with van der Waals surface area (Å²) >= 11 is 5.87. The Morgan fingerprint density at radius 1 is 1.47 bits per heavy atom. The van der Waals surface area contributed by atoms with Crippen LogP contribution in [0.15, 0.2) is 23.1 Å². The van der Waals surface area contributed by atoms with E-state index in [0.717, 1.165) is 0 Å². The van der Waals surface area contributed by atoms with Crippen LogP contribution in [0.25, 0.3) is 0 Å². The Morgan fingerprint density at radius 3 is 2.71 bits per heavy atom. The Balaban J connectivity index is 2.60. The molecule has 1 aliphatic rings. The third-order valence-electron chi connectivity index (χ3n) is 3.05. The number of sulfone groups is 1. The first-order chi connectivity index (χ1) is 7.88. The summed E-state index contributed by atoms with van der Waals surface area (Å²) in [4.78, 5) is -0.199. The molecule has 0 spiro atoms. The smallest absolute Gasteiger partial charge is 0.191 e. The zero-order valence-corrected chi connectivity index (χ0v) is 10.9. The van der Waals surface area contributed by atoms with Gasteiger partial charge in [0.25, 0.3) is 0 Å². The van der Waals surface area contributed by atoms with Crippen LogP contribution in [0.3, 0.4) is 0 Å². The molecular weight excluding hydrogens is 264 g/mol. The van der Waals surface area contributed by atoms with E-state index in [2.05, 4.69) is 0 Å². The van der Waals surface area contributed by atoms with Crippen LogP contribution in [0.5, 0.6) is 5.75 Å². The number of aromatic hydroxyl groups is 1. The van der Waals surface area contributed by atoms with E-state index in [1.54, 1.807) is 6.92 Å². The van der Waals surface area contributed by atoms with Crippen molar-refractivity contribution in [3.63, 3.8) is 0 Å². The van der Waals surface area contributed by atoms with Crippen LogP contribution < -0.4 is 0 Å². The van der Waals surface area contributed by atoms with Gasteiger partial charge in [-0.05, 0) is 25.5 Å². The number of ether oxygens (including phenoxy) is 1. The van der Waals surface area contributed by atoms with Crippen molar-refractivity contribution in [2.45, 2.75) is 23.0 Å². The minimum Gasteiger partial charge on any atom is -0.507 e. The molecule has 1 aromatic rings. The molecule has 0 aromatic heterocycles. The van der Waals surface area contributed by atoms with Gasteiger partial charge in [0, 0.05) is 6.61 Å². The summed E-state index contributed by atoms with van der Waals surface area (Å²) in [5, 5.41) is 9.74. The van der Waals surface area contributed by atoms with E-state index in [0.29, 0.717) is 13.0 Å². The minimum absolute atomic E-state index is 0.0399. The maximum Gasteiger partial charge on any atom is 0.191 e. The van der Waals surface area contributed by atoms with Gasteiger partial charge in [-0.15, -0.1) is 0 Å². The molecule has 1 heterocycles. The lowest BCUT2D eigenvalue weighted by Crippen LogP contribution is -2.36. The van der Waals surface area contributed by atoms with Crippen LogP contribution in [-0.2, 0) is 14.6 Å². The molecule has 1 saturated heterocycles. The molecule has 1 atom stereocenters. The summed E-state index contributed by atoms with van der Waals surface area (Å²) in [7, 11) is -3.71. The Bertz CT molecular complexity index is 512. The first-order valence-corrected chi connectivity index (χ1v) is 7.04. The maximum absolute atomic E-state index is 12.5. The minimum atomic E-state index is -3.71. The number of hydrogen-bond acceptors (Lipinski definition) is 4. The van der Waals surface area contributed by atoms with Crippen LogP contribution >= 0.6 is 11.6 Å². The predicted molar refractivity (Wildman–Crippen MR) is 64.1 cm³/mol. The van der Waals surface area contributed by atoms with Crippen LogP contribution in [-0.4, -0.2) is 31.5 Å². The summed E-state index contributed by atoms with van der Waals surface area (Å²) in [6.45, 7) is 2.14. The molecule has 0 bridgehead atoms. The highest BCUT2D eigenvalue weighted by Gasteiger charge is 2.45. The average molecular weight is 277 g/mol. The second kappa shape index (κ2) is 4.15. The molecule has 1 N–H and O–H groups in total. The van der Waals surface area contributed by atoms with Crippen molar-refractivity contribution >= 4 is 21.4 Å². The monoisotopic (exact) mass is 276 g/mol. The van der Waals surface area contributed by atoms with E-state index < -0.39 is 14.6 Å². The molecule has 17 heavy (non-hydrogen) atoms. The number of hydrogen-bond donors (Lipinski definition) is 1. The Labute approximate surface area is 105 Å². The molecule has 0 saturated carbocycles. The first-order valence-electron chi connectivity index (χ1n) is 5.18. The number of phenols is 1. The van der Waals surface area contributed by atoms with Crippen molar-refractivity contribution in [3.05, 3.63) is 23.2 Å². The van der Waals surface area contributed by atoms with Gasteiger partial charge >= 0.3 is 0 Å². The fraction of sp³-hybridized carbons (Fsp3) is 0.455. The highest BCUT2D eigenvalue weighted by molar-refractivity contribution is 7.93. The Kier molecular flexibility index (Phi) is 3.10. The fourth-order valence-corrected chi connectivity index (χ4v) is 4.10. The lowest BCUT2D eigenvalue weighted by molar-refractivity contribution is 0.191. The van der Waals surface area contributed by atoms with Gasteiger partial charge in [0.2, 0.25) is 0 Å². The number of rotatable bonds is 2. The standard InChI is InChI=1S/C11H13ClO4S/c1-11(5-6-16-7-11)17(14,15)10-8(12)3-2-4-9(10)13/h2-4,13H,5-7H2,1H3/t11-/m1/s1. The Morgan fingerprint density at radius 2 is 2.18 bits per heavy atom. The summed E-state index contributed by atoms with van der Waals surface area (Å²) in [6, 6.07) is 4.27. The molecule has 1 aromatic carbocycles. The van der Waals surface area contributed by atoms with Gasteiger partial charge < -0.3 is 9.84 Å². The van der Waals surface area contributed by atoms with E-state index in [-0.39, 0.29) is 22.3 Å². The van der Waals surface area contributed by atoms with Crippen LogP contribution in [0.1, 0.15) is 13.3 Å². The van der Waals surface area contributed by atoms with Gasteiger partial charge in [-0.3, -0.25) is 0 Å². The Hall–Kier alpha value is -0.780. The van der Waals surface area contributed by atoms with Crippen molar-refractivity contribution in [1.29, 1.82) is 0 Å². The van der Waals surface area contributed by atoms with Crippen molar-refractivity contribution in [2.24, 2.45) is 0 Å². The van der Waals surface area contributed by atoms with Gasteiger partial charge in [0.1, 0.15) is 10.6 Å². The van der Waals surface area contributed by atoms with Crippen molar-refractivity contribution in [1.82, 2.24) is 0 Å². The van der Waals surface area contributed by atoms with Gasteiger partial charge in [0.05, 0.1) is 16.4 Å². The van der Waals surface area contributed by atoms with Crippen molar-refractivity contribution in [3.8, 4) is 5.75 Å². The summed E-state index contributed by atoms with van der Waals surface area (Å²) in [5.41, 5.74) is 0. The normalized spacial score (nSPS) is 25.1. The van der Waals surface area contributed by atoms with Gasteiger partial charge in [0.15, 0.2) is 9.84 Å². The molecule has 6 heteroatoms. The molecule has 0 amide bonds. The number of halogens is 1.